The number of nitrogens with one attached hydrogen (secondary N) is 1. The minimum atomic E-state index is -0.223. The highest BCUT2D eigenvalue weighted by Crippen LogP contribution is 2.43. The molecule has 4 nitrogen and oxygen atoms in total. The highest BCUT2D eigenvalue weighted by molar-refractivity contribution is 6.30. The normalized spacial score (nSPS) is 15.4. The molecule has 0 spiro atoms. The van der Waals surface area contributed by atoms with Crippen molar-refractivity contribution in [2.45, 2.75) is 39.3 Å². The topological polar surface area (TPSA) is 49.0 Å². The number of nitrogens with zero attached hydrogens (tertiary/aromatic N) is 2. The van der Waals surface area contributed by atoms with E-state index in [1.54, 1.807) is 0 Å². The summed E-state index contributed by atoms with van der Waals surface area (Å²) in [6.07, 6.45) is 0. The van der Waals surface area contributed by atoms with Crippen molar-refractivity contribution in [3.05, 3.63) is 111 Å². The maximum Gasteiger partial charge on any atom is 0.273 e. The highest BCUT2D eigenvalue weighted by atomic mass is 35.5. The van der Waals surface area contributed by atoms with E-state index in [0.717, 1.165) is 27.9 Å². The van der Waals surface area contributed by atoms with Crippen LogP contribution in [-0.4, -0.2) is 21.0 Å². The Labute approximate surface area is 199 Å². The molecule has 1 unspecified atom stereocenters. The summed E-state index contributed by atoms with van der Waals surface area (Å²) in [5, 5.41) is 8.25. The van der Waals surface area contributed by atoms with Crippen molar-refractivity contribution in [2.75, 3.05) is 0 Å². The van der Waals surface area contributed by atoms with Crippen LogP contribution in [0.15, 0.2) is 72.8 Å². The maximum absolute atomic E-state index is 13.6. The van der Waals surface area contributed by atoms with E-state index in [2.05, 4.69) is 79.5 Å². The predicted molar refractivity (Wildman–Crippen MR) is 132 cm³/mol. The van der Waals surface area contributed by atoms with Gasteiger partial charge in [-0.05, 0) is 41.7 Å². The first-order chi connectivity index (χ1) is 15.9. The van der Waals surface area contributed by atoms with E-state index in [0.29, 0.717) is 23.2 Å². The second kappa shape index (κ2) is 8.53. The van der Waals surface area contributed by atoms with Crippen LogP contribution in [0.3, 0.4) is 0 Å². The Morgan fingerprint density at radius 1 is 0.970 bits per heavy atom. The molecule has 3 aromatic carbocycles. The number of aromatic amines is 1. The molecule has 0 aliphatic carbocycles. The second-order valence-electron chi connectivity index (χ2n) is 9.01. The molecule has 1 amide bonds. The molecule has 0 saturated carbocycles. The number of aromatic nitrogens is 2. The van der Waals surface area contributed by atoms with Gasteiger partial charge in [-0.15, -0.1) is 0 Å². The van der Waals surface area contributed by atoms with Gasteiger partial charge in [0.1, 0.15) is 5.69 Å². The lowest BCUT2D eigenvalue weighted by molar-refractivity contribution is 0.0730. The Kier molecular flexibility index (Phi) is 5.55. The van der Waals surface area contributed by atoms with Crippen molar-refractivity contribution in [1.29, 1.82) is 0 Å². The zero-order valence-corrected chi connectivity index (χ0v) is 19.7. The Bertz CT molecular complexity index is 1290. The van der Waals surface area contributed by atoms with Crippen LogP contribution >= 0.6 is 11.6 Å². The minimum Gasteiger partial charge on any atom is -0.322 e. The first-order valence-corrected chi connectivity index (χ1v) is 11.6. The number of halogens is 1. The number of hydrogen-bond donors (Lipinski definition) is 1. The third-order valence-corrected chi connectivity index (χ3v) is 6.63. The molecule has 2 heterocycles. The monoisotopic (exact) mass is 455 g/mol. The molecule has 33 heavy (non-hydrogen) atoms. The van der Waals surface area contributed by atoms with Gasteiger partial charge in [0.2, 0.25) is 0 Å². The van der Waals surface area contributed by atoms with Crippen molar-refractivity contribution in [2.24, 2.45) is 0 Å². The molecule has 166 valence electrons. The quantitative estimate of drug-likeness (QED) is 0.355. The molecule has 0 bridgehead atoms. The van der Waals surface area contributed by atoms with E-state index < -0.39 is 0 Å². The lowest BCUT2D eigenvalue weighted by atomic mass is 9.93. The van der Waals surface area contributed by atoms with Gasteiger partial charge in [0.15, 0.2) is 0 Å². The largest absolute Gasteiger partial charge is 0.322 e. The van der Waals surface area contributed by atoms with Crippen molar-refractivity contribution in [3.63, 3.8) is 0 Å². The molecule has 5 rings (SSSR count). The highest BCUT2D eigenvalue weighted by Gasteiger charge is 2.42. The predicted octanol–water partition coefficient (Wildman–Crippen LogP) is 6.91. The molecule has 0 saturated heterocycles. The standard InChI is InChI=1S/C28H26ClN3O/c1-17(2)20-8-10-22(11-9-20)27-24-25(21-12-14-23(29)15-13-21)30-31-26(24)28(33)32(27)16-19-6-4-18(3)5-7-19/h4-15,17,27H,16H2,1-3H3,(H,30,31). The number of benzene rings is 3. The van der Waals surface area contributed by atoms with E-state index in [9.17, 15) is 4.79 Å². The van der Waals surface area contributed by atoms with Gasteiger partial charge in [0, 0.05) is 22.7 Å². The van der Waals surface area contributed by atoms with Crippen LogP contribution in [0.5, 0.6) is 0 Å². The summed E-state index contributed by atoms with van der Waals surface area (Å²) in [6, 6.07) is 24.3. The molecule has 1 aliphatic heterocycles. The summed E-state index contributed by atoms with van der Waals surface area (Å²) in [6.45, 7) is 6.96. The Hall–Kier alpha value is -3.37. The number of amides is 1. The summed E-state index contributed by atoms with van der Waals surface area (Å²) >= 11 is 6.11. The van der Waals surface area contributed by atoms with E-state index in [1.165, 1.54) is 11.1 Å². The number of fused-ring (bicyclic) bond motifs is 1. The number of rotatable bonds is 5. The van der Waals surface area contributed by atoms with Crippen molar-refractivity contribution >= 4 is 17.5 Å². The third kappa shape index (κ3) is 3.96. The van der Waals surface area contributed by atoms with Gasteiger partial charge in [0.25, 0.3) is 5.91 Å². The average Bonchev–Trinajstić information content (AvgIpc) is 3.35. The van der Waals surface area contributed by atoms with Gasteiger partial charge in [0.05, 0.1) is 11.7 Å². The zero-order valence-electron chi connectivity index (χ0n) is 19.0. The van der Waals surface area contributed by atoms with Crippen molar-refractivity contribution in [3.8, 4) is 11.3 Å². The van der Waals surface area contributed by atoms with E-state index in [-0.39, 0.29) is 11.9 Å². The molecule has 1 atom stereocenters. The fraction of sp³-hybridized carbons (Fsp3) is 0.214. The fourth-order valence-electron chi connectivity index (χ4n) is 4.49. The average molecular weight is 456 g/mol. The van der Waals surface area contributed by atoms with Crippen LogP contribution in [0.25, 0.3) is 11.3 Å². The Morgan fingerprint density at radius 3 is 2.27 bits per heavy atom. The van der Waals surface area contributed by atoms with Crippen LogP contribution in [0, 0.1) is 6.92 Å². The molecular formula is C28H26ClN3O. The van der Waals surface area contributed by atoms with Crippen LogP contribution in [0.4, 0.5) is 0 Å². The summed E-state index contributed by atoms with van der Waals surface area (Å²) in [4.78, 5) is 15.5. The van der Waals surface area contributed by atoms with Crippen molar-refractivity contribution in [1.82, 2.24) is 15.1 Å². The van der Waals surface area contributed by atoms with E-state index in [1.807, 2.05) is 29.2 Å². The van der Waals surface area contributed by atoms with Gasteiger partial charge < -0.3 is 4.90 Å². The molecule has 5 heteroatoms. The molecule has 1 aromatic heterocycles. The molecule has 1 N–H and O–H groups in total. The summed E-state index contributed by atoms with van der Waals surface area (Å²) in [7, 11) is 0. The smallest absolute Gasteiger partial charge is 0.273 e. The van der Waals surface area contributed by atoms with Gasteiger partial charge in [-0.25, -0.2) is 0 Å². The van der Waals surface area contributed by atoms with Crippen LogP contribution in [0.2, 0.25) is 5.02 Å². The molecule has 4 aromatic rings. The van der Waals surface area contributed by atoms with Gasteiger partial charge >= 0.3 is 0 Å². The number of carbonyl (C=O) groups is 1. The molecule has 1 aliphatic rings. The Morgan fingerprint density at radius 2 is 1.64 bits per heavy atom. The molecule has 0 radical (unpaired) electrons. The van der Waals surface area contributed by atoms with Gasteiger partial charge in [-0.2, -0.15) is 5.10 Å². The number of hydrogen-bond acceptors (Lipinski definition) is 2. The number of carbonyl (C=O) groups excluding carboxylic acids is 1. The number of aryl methyl sites for hydroxylation is 1. The molecular weight excluding hydrogens is 430 g/mol. The van der Waals surface area contributed by atoms with Crippen LogP contribution in [-0.2, 0) is 6.54 Å². The minimum absolute atomic E-state index is 0.0313. The molecule has 0 fully saturated rings. The summed E-state index contributed by atoms with van der Waals surface area (Å²) in [5.74, 6) is 0.415. The third-order valence-electron chi connectivity index (χ3n) is 6.37. The van der Waals surface area contributed by atoms with Crippen molar-refractivity contribution < 1.29 is 4.79 Å². The fourth-order valence-corrected chi connectivity index (χ4v) is 4.61. The lowest BCUT2D eigenvalue weighted by Gasteiger charge is -2.27. The van der Waals surface area contributed by atoms with E-state index >= 15 is 0 Å². The Balaban J connectivity index is 1.62. The first kappa shape index (κ1) is 21.5. The lowest BCUT2D eigenvalue weighted by Crippen LogP contribution is -2.29. The maximum atomic E-state index is 13.6. The SMILES string of the molecule is Cc1ccc(CN2C(=O)c3[nH]nc(-c4ccc(Cl)cc4)c3C2c2ccc(C(C)C)cc2)cc1. The van der Waals surface area contributed by atoms with Crippen LogP contribution < -0.4 is 0 Å². The zero-order chi connectivity index (χ0) is 23.1. The number of H-pyrrole nitrogens is 1. The second-order valence-corrected chi connectivity index (χ2v) is 9.45. The van der Waals surface area contributed by atoms with E-state index in [4.69, 9.17) is 11.6 Å². The first-order valence-electron chi connectivity index (χ1n) is 11.2. The van der Waals surface area contributed by atoms with Crippen LogP contribution in [0.1, 0.15) is 64.1 Å². The summed E-state index contributed by atoms with van der Waals surface area (Å²) in [5.41, 5.74) is 7.87. The van der Waals surface area contributed by atoms with Gasteiger partial charge in [-0.1, -0.05) is 91.7 Å². The summed E-state index contributed by atoms with van der Waals surface area (Å²) < 4.78 is 0. The van der Waals surface area contributed by atoms with Gasteiger partial charge in [-0.3, -0.25) is 9.89 Å².